The van der Waals surface area contributed by atoms with Crippen molar-refractivity contribution in [2.45, 2.75) is 30.7 Å². The van der Waals surface area contributed by atoms with Gasteiger partial charge in [0.1, 0.15) is 18.3 Å². The molecule has 0 aliphatic carbocycles. The van der Waals surface area contributed by atoms with Gasteiger partial charge in [-0.25, -0.2) is 0 Å². The third-order valence-electron chi connectivity index (χ3n) is 5.24. The summed E-state index contributed by atoms with van der Waals surface area (Å²) in [7, 11) is 0.821. The van der Waals surface area contributed by atoms with Crippen LogP contribution >= 0.6 is 0 Å². The third kappa shape index (κ3) is 3.23. The summed E-state index contributed by atoms with van der Waals surface area (Å²) in [5, 5.41) is 0. The van der Waals surface area contributed by atoms with Crippen molar-refractivity contribution in [1.82, 2.24) is 0 Å². The number of hydrogen-bond donors (Lipinski definition) is 0. The normalized spacial score (nSPS) is 32.9. The molecule has 0 bridgehead atoms. The highest BCUT2D eigenvalue weighted by atomic mass is 16.8. The maximum Gasteiger partial charge on any atom is 0.496 e. The highest BCUT2D eigenvalue weighted by molar-refractivity contribution is 6.62. The minimum absolute atomic E-state index is 0.242. The standard InChI is InChI=1S/C19H20B2O6/c1-22-17-16(15-12-23-20(25-15)13-8-4-2-5-9-13)24-19-18(17)26-21(27-19)14-10-6-3-7-11-14/h2-11,15-19H,12H2,1H3/t15-,16-,17+,18-,19-/m1/s1. The van der Waals surface area contributed by atoms with Crippen molar-refractivity contribution < 1.29 is 28.1 Å². The van der Waals surface area contributed by atoms with E-state index >= 15 is 0 Å². The zero-order valence-electron chi connectivity index (χ0n) is 15.0. The predicted octanol–water partition coefficient (Wildman–Crippen LogP) is 0.348. The van der Waals surface area contributed by atoms with Crippen molar-refractivity contribution in [3.05, 3.63) is 60.7 Å². The van der Waals surface area contributed by atoms with Gasteiger partial charge in [-0.1, -0.05) is 60.7 Å². The van der Waals surface area contributed by atoms with Crippen LogP contribution in [-0.4, -0.2) is 58.7 Å². The fourth-order valence-electron chi connectivity index (χ4n) is 3.91. The van der Waals surface area contributed by atoms with Gasteiger partial charge >= 0.3 is 14.2 Å². The van der Waals surface area contributed by atoms with E-state index in [9.17, 15) is 0 Å². The van der Waals surface area contributed by atoms with Crippen molar-refractivity contribution in [3.8, 4) is 0 Å². The summed E-state index contributed by atoms with van der Waals surface area (Å²) in [4.78, 5) is 0. The average Bonchev–Trinajstić information content (AvgIpc) is 3.43. The van der Waals surface area contributed by atoms with Crippen LogP contribution in [0.5, 0.6) is 0 Å². The maximum absolute atomic E-state index is 6.13. The van der Waals surface area contributed by atoms with Crippen molar-refractivity contribution in [1.29, 1.82) is 0 Å². The van der Waals surface area contributed by atoms with Gasteiger partial charge in [0.2, 0.25) is 0 Å². The van der Waals surface area contributed by atoms with Crippen LogP contribution in [0.3, 0.4) is 0 Å². The number of fused-ring (bicyclic) bond motifs is 1. The molecule has 138 valence electrons. The topological polar surface area (TPSA) is 55.4 Å². The molecule has 0 aromatic heterocycles. The van der Waals surface area contributed by atoms with Crippen LogP contribution in [0.1, 0.15) is 0 Å². The van der Waals surface area contributed by atoms with Crippen molar-refractivity contribution in [2.24, 2.45) is 0 Å². The van der Waals surface area contributed by atoms with E-state index in [0.717, 1.165) is 10.9 Å². The lowest BCUT2D eigenvalue weighted by Gasteiger charge is -2.25. The van der Waals surface area contributed by atoms with Crippen LogP contribution in [0.2, 0.25) is 0 Å². The second kappa shape index (κ2) is 7.39. The zero-order valence-corrected chi connectivity index (χ0v) is 15.0. The van der Waals surface area contributed by atoms with Gasteiger partial charge in [-0.3, -0.25) is 0 Å². The SMILES string of the molecule is CO[C@@H]1[C@H]2OB(c3ccccc3)O[C@H]2O[C@@H]1[C@H]1COB(c2ccccc2)O1. The second-order valence-electron chi connectivity index (χ2n) is 6.90. The predicted molar refractivity (Wildman–Crippen MR) is 99.9 cm³/mol. The molecule has 2 aromatic rings. The molecule has 0 saturated carbocycles. The Labute approximate surface area is 158 Å². The van der Waals surface area contributed by atoms with Gasteiger partial charge in [-0.15, -0.1) is 0 Å². The van der Waals surface area contributed by atoms with Crippen LogP contribution in [0.15, 0.2) is 60.7 Å². The van der Waals surface area contributed by atoms with E-state index in [2.05, 4.69) is 0 Å². The van der Waals surface area contributed by atoms with Crippen LogP contribution in [0, 0.1) is 0 Å². The van der Waals surface area contributed by atoms with E-state index in [1.54, 1.807) is 7.11 Å². The molecular formula is C19H20B2O6. The van der Waals surface area contributed by atoms with Crippen LogP contribution < -0.4 is 10.9 Å². The van der Waals surface area contributed by atoms with Gasteiger partial charge in [0.15, 0.2) is 6.29 Å². The Hall–Kier alpha value is -1.67. The number of benzene rings is 2. The van der Waals surface area contributed by atoms with Crippen LogP contribution in [-0.2, 0) is 28.1 Å². The van der Waals surface area contributed by atoms with E-state index in [0.29, 0.717) is 6.61 Å². The summed E-state index contributed by atoms with van der Waals surface area (Å²) in [6.07, 6.45) is -1.62. The van der Waals surface area contributed by atoms with Crippen LogP contribution in [0.25, 0.3) is 0 Å². The monoisotopic (exact) mass is 366 g/mol. The second-order valence-corrected chi connectivity index (χ2v) is 6.90. The average molecular weight is 366 g/mol. The Morgan fingerprint density at radius 3 is 2.15 bits per heavy atom. The molecule has 6 nitrogen and oxygen atoms in total. The van der Waals surface area contributed by atoms with E-state index in [-0.39, 0.29) is 24.4 Å². The van der Waals surface area contributed by atoms with E-state index in [1.165, 1.54) is 0 Å². The van der Waals surface area contributed by atoms with Gasteiger partial charge in [0.25, 0.3) is 0 Å². The van der Waals surface area contributed by atoms with Crippen LogP contribution in [0.4, 0.5) is 0 Å². The summed E-state index contributed by atoms with van der Waals surface area (Å²) in [5.41, 5.74) is 1.95. The van der Waals surface area contributed by atoms with E-state index < -0.39 is 20.5 Å². The Morgan fingerprint density at radius 2 is 1.48 bits per heavy atom. The molecule has 27 heavy (non-hydrogen) atoms. The number of methoxy groups -OCH3 is 1. The molecule has 3 saturated heterocycles. The van der Waals surface area contributed by atoms with Gasteiger partial charge in [-0.05, 0) is 10.9 Å². The lowest BCUT2D eigenvalue weighted by Crippen LogP contribution is -2.45. The lowest BCUT2D eigenvalue weighted by atomic mass is 9.79. The molecule has 0 unspecified atom stereocenters. The van der Waals surface area contributed by atoms with Crippen molar-refractivity contribution >= 4 is 25.2 Å². The molecule has 5 rings (SSSR count). The molecule has 3 aliphatic rings. The molecule has 2 aromatic carbocycles. The zero-order chi connectivity index (χ0) is 18.2. The quantitative estimate of drug-likeness (QED) is 0.729. The molecule has 0 N–H and O–H groups in total. The summed E-state index contributed by atoms with van der Waals surface area (Å²) < 4.78 is 35.9. The minimum atomic E-state index is -0.482. The summed E-state index contributed by atoms with van der Waals surface area (Å²) in [6.45, 7) is 0.436. The first-order valence-corrected chi connectivity index (χ1v) is 9.19. The van der Waals surface area contributed by atoms with Gasteiger partial charge in [0, 0.05) is 7.11 Å². The molecule has 3 heterocycles. The molecule has 8 heteroatoms. The minimum Gasteiger partial charge on any atom is -0.405 e. The third-order valence-corrected chi connectivity index (χ3v) is 5.24. The maximum atomic E-state index is 6.13. The number of hydrogen-bond acceptors (Lipinski definition) is 6. The Kier molecular flexibility index (Phi) is 4.77. The van der Waals surface area contributed by atoms with Crippen molar-refractivity contribution in [3.63, 3.8) is 0 Å². The molecule has 0 amide bonds. The molecule has 0 radical (unpaired) electrons. The fraction of sp³-hybridized carbons (Fsp3) is 0.368. The van der Waals surface area contributed by atoms with E-state index in [4.69, 9.17) is 28.1 Å². The first-order chi connectivity index (χ1) is 13.3. The fourth-order valence-corrected chi connectivity index (χ4v) is 3.91. The highest BCUT2D eigenvalue weighted by Gasteiger charge is 2.57. The van der Waals surface area contributed by atoms with Gasteiger partial charge in [0.05, 0.1) is 12.7 Å². The Balaban J connectivity index is 1.27. The summed E-state index contributed by atoms with van der Waals surface area (Å²) >= 11 is 0. The number of ether oxygens (including phenoxy) is 2. The van der Waals surface area contributed by atoms with Gasteiger partial charge < -0.3 is 28.1 Å². The number of rotatable bonds is 4. The molecule has 3 fully saturated rings. The summed E-state index contributed by atoms with van der Waals surface area (Å²) in [5.74, 6) is 0. The van der Waals surface area contributed by atoms with Crippen molar-refractivity contribution in [2.75, 3.05) is 13.7 Å². The lowest BCUT2D eigenvalue weighted by molar-refractivity contribution is -0.110. The largest absolute Gasteiger partial charge is 0.496 e. The molecule has 0 spiro atoms. The first-order valence-electron chi connectivity index (χ1n) is 9.19. The Morgan fingerprint density at radius 1 is 0.815 bits per heavy atom. The first kappa shape index (κ1) is 17.4. The highest BCUT2D eigenvalue weighted by Crippen LogP contribution is 2.36. The molecule has 3 aliphatic heterocycles. The van der Waals surface area contributed by atoms with E-state index in [1.807, 2.05) is 60.7 Å². The molecular weight excluding hydrogens is 346 g/mol. The Bertz CT molecular complexity index is 763. The molecule has 5 atom stereocenters. The van der Waals surface area contributed by atoms with Gasteiger partial charge in [-0.2, -0.15) is 0 Å². The summed E-state index contributed by atoms with van der Waals surface area (Å²) in [6, 6.07) is 19.7. The smallest absolute Gasteiger partial charge is 0.405 e.